The standard InChI is InChI=1S/C14H18N2O4/c17-8-6-11-3-1-2-7-16(11)13(18)12-5-4-10(9-15-12)14(19)20/h4-5,9,11,17H,1-3,6-8H2,(H,19,20). The smallest absolute Gasteiger partial charge is 0.337 e. The maximum absolute atomic E-state index is 12.4. The molecule has 0 aliphatic carbocycles. The van der Waals surface area contributed by atoms with E-state index in [2.05, 4.69) is 4.98 Å². The van der Waals surface area contributed by atoms with Crippen LogP contribution in [-0.4, -0.2) is 51.2 Å². The zero-order chi connectivity index (χ0) is 14.5. The number of aromatic carboxylic acids is 1. The van der Waals surface area contributed by atoms with Crippen LogP contribution in [0.25, 0.3) is 0 Å². The number of carbonyl (C=O) groups is 2. The van der Waals surface area contributed by atoms with Crippen molar-refractivity contribution < 1.29 is 19.8 Å². The topological polar surface area (TPSA) is 90.7 Å². The average Bonchev–Trinajstić information content (AvgIpc) is 2.47. The number of carbonyl (C=O) groups excluding carboxylic acids is 1. The number of piperidine rings is 1. The third-order valence-corrected chi connectivity index (χ3v) is 3.58. The Hall–Kier alpha value is -1.95. The van der Waals surface area contributed by atoms with E-state index in [1.807, 2.05) is 0 Å². The molecule has 1 aromatic heterocycles. The predicted molar refractivity (Wildman–Crippen MR) is 71.6 cm³/mol. The molecule has 1 aromatic rings. The highest BCUT2D eigenvalue weighted by atomic mass is 16.4. The summed E-state index contributed by atoms with van der Waals surface area (Å²) in [5.41, 5.74) is 0.312. The molecular formula is C14H18N2O4. The van der Waals surface area contributed by atoms with E-state index >= 15 is 0 Å². The van der Waals surface area contributed by atoms with Gasteiger partial charge in [-0.2, -0.15) is 0 Å². The molecule has 6 nitrogen and oxygen atoms in total. The summed E-state index contributed by atoms with van der Waals surface area (Å²) in [4.78, 5) is 28.8. The molecule has 0 saturated carbocycles. The molecule has 20 heavy (non-hydrogen) atoms. The van der Waals surface area contributed by atoms with E-state index in [9.17, 15) is 9.59 Å². The summed E-state index contributed by atoms with van der Waals surface area (Å²) in [6.45, 7) is 0.714. The summed E-state index contributed by atoms with van der Waals surface area (Å²) in [7, 11) is 0. The Morgan fingerprint density at radius 3 is 2.75 bits per heavy atom. The highest BCUT2D eigenvalue weighted by Gasteiger charge is 2.27. The van der Waals surface area contributed by atoms with Crippen LogP contribution in [0.4, 0.5) is 0 Å². The third-order valence-electron chi connectivity index (χ3n) is 3.58. The molecular weight excluding hydrogens is 260 g/mol. The Labute approximate surface area is 117 Å². The number of aliphatic hydroxyl groups excluding tert-OH is 1. The molecule has 2 rings (SSSR count). The number of carboxylic acids is 1. The maximum atomic E-state index is 12.4. The first kappa shape index (κ1) is 14.5. The molecule has 0 spiro atoms. The van der Waals surface area contributed by atoms with Gasteiger partial charge in [0.1, 0.15) is 5.69 Å². The number of hydrogen-bond acceptors (Lipinski definition) is 4. The van der Waals surface area contributed by atoms with Gasteiger partial charge in [0.25, 0.3) is 5.91 Å². The van der Waals surface area contributed by atoms with Crippen LogP contribution < -0.4 is 0 Å². The van der Waals surface area contributed by atoms with E-state index in [0.29, 0.717) is 13.0 Å². The first-order valence-corrected chi connectivity index (χ1v) is 6.74. The molecule has 2 N–H and O–H groups in total. The fourth-order valence-electron chi connectivity index (χ4n) is 2.51. The number of carboxylic acid groups (broad SMARTS) is 1. The second-order valence-electron chi connectivity index (χ2n) is 4.90. The Morgan fingerprint density at radius 2 is 2.15 bits per heavy atom. The highest BCUT2D eigenvalue weighted by molar-refractivity contribution is 5.94. The molecule has 1 amide bonds. The number of aliphatic hydroxyl groups is 1. The van der Waals surface area contributed by atoms with Gasteiger partial charge in [-0.05, 0) is 37.8 Å². The van der Waals surface area contributed by atoms with Gasteiger partial charge in [-0.15, -0.1) is 0 Å². The van der Waals surface area contributed by atoms with Gasteiger partial charge in [-0.3, -0.25) is 9.78 Å². The minimum Gasteiger partial charge on any atom is -0.478 e. The van der Waals surface area contributed by atoms with Crippen molar-refractivity contribution in [2.75, 3.05) is 13.2 Å². The third kappa shape index (κ3) is 3.14. The molecule has 1 aliphatic heterocycles. The van der Waals surface area contributed by atoms with Crippen molar-refractivity contribution in [2.24, 2.45) is 0 Å². The zero-order valence-electron chi connectivity index (χ0n) is 11.2. The molecule has 108 valence electrons. The van der Waals surface area contributed by atoms with E-state index < -0.39 is 5.97 Å². The van der Waals surface area contributed by atoms with Gasteiger partial charge in [-0.1, -0.05) is 0 Å². The van der Waals surface area contributed by atoms with Crippen LogP contribution in [0.2, 0.25) is 0 Å². The highest BCUT2D eigenvalue weighted by Crippen LogP contribution is 2.21. The summed E-state index contributed by atoms with van der Waals surface area (Å²) < 4.78 is 0. The van der Waals surface area contributed by atoms with Gasteiger partial charge in [0.2, 0.25) is 0 Å². The fourth-order valence-corrected chi connectivity index (χ4v) is 2.51. The van der Waals surface area contributed by atoms with E-state index in [1.54, 1.807) is 4.90 Å². The molecule has 1 saturated heterocycles. The Kier molecular flexibility index (Phi) is 4.68. The van der Waals surface area contributed by atoms with Gasteiger partial charge in [0.05, 0.1) is 5.56 Å². The molecule has 2 heterocycles. The van der Waals surface area contributed by atoms with Gasteiger partial charge in [0.15, 0.2) is 0 Å². The number of pyridine rings is 1. The van der Waals surface area contributed by atoms with Gasteiger partial charge in [-0.25, -0.2) is 4.79 Å². The zero-order valence-corrected chi connectivity index (χ0v) is 11.2. The van der Waals surface area contributed by atoms with Crippen LogP contribution in [0.1, 0.15) is 46.5 Å². The molecule has 0 aromatic carbocycles. The summed E-state index contributed by atoms with van der Waals surface area (Å²) in [6.07, 6.45) is 4.65. The van der Waals surface area contributed by atoms with Crippen LogP contribution >= 0.6 is 0 Å². The largest absolute Gasteiger partial charge is 0.478 e. The minimum atomic E-state index is -1.06. The summed E-state index contributed by atoms with van der Waals surface area (Å²) >= 11 is 0. The van der Waals surface area contributed by atoms with Gasteiger partial charge < -0.3 is 15.1 Å². The van der Waals surface area contributed by atoms with Crippen molar-refractivity contribution in [3.8, 4) is 0 Å². The van der Waals surface area contributed by atoms with Gasteiger partial charge in [0, 0.05) is 25.4 Å². The summed E-state index contributed by atoms with van der Waals surface area (Å²) in [5, 5.41) is 17.9. The van der Waals surface area contributed by atoms with Crippen molar-refractivity contribution in [3.63, 3.8) is 0 Å². The first-order valence-electron chi connectivity index (χ1n) is 6.74. The first-order chi connectivity index (χ1) is 9.63. The van der Waals surface area contributed by atoms with Gasteiger partial charge >= 0.3 is 5.97 Å². The van der Waals surface area contributed by atoms with Crippen molar-refractivity contribution >= 4 is 11.9 Å². The van der Waals surface area contributed by atoms with Crippen LogP contribution in [-0.2, 0) is 0 Å². The van der Waals surface area contributed by atoms with Crippen LogP contribution in [0.3, 0.4) is 0 Å². The molecule has 1 fully saturated rings. The number of rotatable bonds is 4. The lowest BCUT2D eigenvalue weighted by molar-refractivity contribution is 0.0566. The number of aromatic nitrogens is 1. The van der Waals surface area contributed by atoms with E-state index in [4.69, 9.17) is 10.2 Å². The molecule has 1 unspecified atom stereocenters. The molecule has 1 aliphatic rings. The summed E-state index contributed by atoms with van der Waals surface area (Å²) in [5.74, 6) is -1.26. The number of amides is 1. The van der Waals surface area contributed by atoms with E-state index in [1.165, 1.54) is 18.3 Å². The second-order valence-corrected chi connectivity index (χ2v) is 4.90. The molecule has 6 heteroatoms. The average molecular weight is 278 g/mol. The van der Waals surface area contributed by atoms with Crippen molar-refractivity contribution in [3.05, 3.63) is 29.6 Å². The number of nitrogens with zero attached hydrogens (tertiary/aromatic N) is 2. The summed E-state index contributed by atoms with van der Waals surface area (Å²) in [6, 6.07) is 2.87. The predicted octanol–water partition coefficient (Wildman–Crippen LogP) is 1.16. The maximum Gasteiger partial charge on any atom is 0.337 e. The SMILES string of the molecule is O=C(O)c1ccc(C(=O)N2CCCCC2CCO)nc1. The molecule has 1 atom stereocenters. The van der Waals surface area contributed by atoms with E-state index in [-0.39, 0.29) is 29.8 Å². The Balaban J connectivity index is 2.14. The Morgan fingerprint density at radius 1 is 1.35 bits per heavy atom. The number of likely N-dealkylation sites (tertiary alicyclic amines) is 1. The monoisotopic (exact) mass is 278 g/mol. The van der Waals surface area contributed by atoms with Crippen molar-refractivity contribution in [2.45, 2.75) is 31.7 Å². The number of hydrogen-bond donors (Lipinski definition) is 2. The van der Waals surface area contributed by atoms with Crippen LogP contribution in [0, 0.1) is 0 Å². The quantitative estimate of drug-likeness (QED) is 0.862. The second kappa shape index (κ2) is 6.47. The molecule has 0 bridgehead atoms. The van der Waals surface area contributed by atoms with Crippen LogP contribution in [0.15, 0.2) is 18.3 Å². The lowest BCUT2D eigenvalue weighted by atomic mass is 9.99. The fraction of sp³-hybridized carbons (Fsp3) is 0.500. The minimum absolute atomic E-state index is 0.0437. The van der Waals surface area contributed by atoms with Crippen molar-refractivity contribution in [1.29, 1.82) is 0 Å². The van der Waals surface area contributed by atoms with E-state index in [0.717, 1.165) is 19.3 Å². The lowest BCUT2D eigenvalue weighted by Crippen LogP contribution is -2.44. The van der Waals surface area contributed by atoms with Crippen LogP contribution in [0.5, 0.6) is 0 Å². The van der Waals surface area contributed by atoms with Crippen molar-refractivity contribution in [1.82, 2.24) is 9.88 Å². The normalized spacial score (nSPS) is 18.9. The lowest BCUT2D eigenvalue weighted by Gasteiger charge is -2.35. The Bertz CT molecular complexity index is 484. The molecule has 0 radical (unpaired) electrons.